The minimum Gasteiger partial charge on any atom is -0.337 e. The highest BCUT2D eigenvalue weighted by Crippen LogP contribution is 2.28. The summed E-state index contributed by atoms with van der Waals surface area (Å²) >= 11 is 0. The van der Waals surface area contributed by atoms with Crippen molar-refractivity contribution in [3.8, 4) is 0 Å². The summed E-state index contributed by atoms with van der Waals surface area (Å²) < 4.78 is 28.2. The number of hydrogen-bond donors (Lipinski definition) is 0. The van der Waals surface area contributed by atoms with Gasteiger partial charge in [0.15, 0.2) is 0 Å². The molecule has 108 valence electrons. The van der Waals surface area contributed by atoms with Crippen LogP contribution in [0.5, 0.6) is 0 Å². The zero-order valence-electron chi connectivity index (χ0n) is 12.1. The molecule has 0 bridgehead atoms. The minimum atomic E-state index is -3.15. The molecule has 0 amide bonds. The second-order valence-corrected chi connectivity index (χ2v) is 8.13. The molecule has 0 N–H and O–H groups in total. The predicted molar refractivity (Wildman–Crippen MR) is 75.5 cm³/mol. The molecule has 0 aliphatic carbocycles. The third-order valence-electron chi connectivity index (χ3n) is 3.74. The Morgan fingerprint density at radius 1 is 1.42 bits per heavy atom. The van der Waals surface area contributed by atoms with Crippen molar-refractivity contribution < 1.29 is 8.42 Å². The summed E-state index contributed by atoms with van der Waals surface area (Å²) in [5, 5.41) is -0.352. The van der Waals surface area contributed by atoms with Crippen molar-refractivity contribution in [2.24, 2.45) is 7.05 Å². The second kappa shape index (κ2) is 5.25. The van der Waals surface area contributed by atoms with Crippen molar-refractivity contribution >= 4 is 10.0 Å². The monoisotopic (exact) mass is 285 g/mol. The standard InChI is InChI=1S/C13H23N3O2S/c1-10(2)19(17,18)16-7-5-6-12(9-16)13-14-11(3)8-15(13)4/h8,10,12H,5-7,9H2,1-4H3/t12-/m0/s1. The summed E-state index contributed by atoms with van der Waals surface area (Å²) in [7, 11) is -1.17. The lowest BCUT2D eigenvalue weighted by Gasteiger charge is -2.32. The maximum Gasteiger partial charge on any atom is 0.216 e. The van der Waals surface area contributed by atoms with E-state index in [4.69, 9.17) is 0 Å². The fourth-order valence-electron chi connectivity index (χ4n) is 2.70. The highest BCUT2D eigenvalue weighted by molar-refractivity contribution is 7.89. The van der Waals surface area contributed by atoms with E-state index in [9.17, 15) is 8.42 Å². The average molecular weight is 285 g/mol. The van der Waals surface area contributed by atoms with E-state index in [-0.39, 0.29) is 11.2 Å². The Kier molecular flexibility index (Phi) is 4.01. The van der Waals surface area contributed by atoms with E-state index < -0.39 is 10.0 Å². The maximum absolute atomic E-state index is 12.3. The Hall–Kier alpha value is -0.880. The van der Waals surface area contributed by atoms with Crippen molar-refractivity contribution in [1.29, 1.82) is 0 Å². The van der Waals surface area contributed by atoms with Crippen LogP contribution >= 0.6 is 0 Å². The number of rotatable bonds is 3. The lowest BCUT2D eigenvalue weighted by Crippen LogP contribution is -2.42. The second-order valence-electron chi connectivity index (χ2n) is 5.64. The van der Waals surface area contributed by atoms with Crippen LogP contribution < -0.4 is 0 Å². The van der Waals surface area contributed by atoms with E-state index in [1.807, 2.05) is 24.7 Å². The lowest BCUT2D eigenvalue weighted by molar-refractivity contribution is 0.304. The van der Waals surface area contributed by atoms with Gasteiger partial charge in [-0.2, -0.15) is 0 Å². The molecule has 1 atom stereocenters. The summed E-state index contributed by atoms with van der Waals surface area (Å²) in [5.41, 5.74) is 0.987. The highest BCUT2D eigenvalue weighted by atomic mass is 32.2. The van der Waals surface area contributed by atoms with Gasteiger partial charge in [0, 0.05) is 32.3 Å². The molecule has 0 saturated carbocycles. The smallest absolute Gasteiger partial charge is 0.216 e. The van der Waals surface area contributed by atoms with Gasteiger partial charge in [0.1, 0.15) is 5.82 Å². The fourth-order valence-corrected chi connectivity index (χ4v) is 4.06. The van der Waals surface area contributed by atoms with Gasteiger partial charge in [0.05, 0.1) is 10.9 Å². The van der Waals surface area contributed by atoms with Gasteiger partial charge in [-0.15, -0.1) is 0 Å². The molecule has 6 heteroatoms. The molecule has 1 aliphatic heterocycles. The Bertz CT molecular complexity index is 548. The summed E-state index contributed by atoms with van der Waals surface area (Å²) in [6.45, 7) is 6.65. The quantitative estimate of drug-likeness (QED) is 0.848. The highest BCUT2D eigenvalue weighted by Gasteiger charge is 2.32. The average Bonchev–Trinajstić information content (AvgIpc) is 2.68. The molecule has 1 fully saturated rings. The Balaban J connectivity index is 2.21. The first-order valence-electron chi connectivity index (χ1n) is 6.81. The number of hydrogen-bond acceptors (Lipinski definition) is 3. The van der Waals surface area contributed by atoms with Crippen LogP contribution in [-0.4, -0.2) is 40.6 Å². The lowest BCUT2D eigenvalue weighted by atomic mass is 9.99. The van der Waals surface area contributed by atoms with Crippen LogP contribution in [0.2, 0.25) is 0 Å². The van der Waals surface area contributed by atoms with E-state index in [0.29, 0.717) is 13.1 Å². The number of imidazole rings is 1. The molecule has 2 rings (SSSR count). The van der Waals surface area contributed by atoms with Crippen molar-refractivity contribution in [3.63, 3.8) is 0 Å². The first-order chi connectivity index (χ1) is 8.82. The van der Waals surface area contributed by atoms with E-state index in [2.05, 4.69) is 4.98 Å². The fraction of sp³-hybridized carbons (Fsp3) is 0.769. The van der Waals surface area contributed by atoms with Crippen molar-refractivity contribution in [2.45, 2.75) is 44.8 Å². The van der Waals surface area contributed by atoms with E-state index in [1.165, 1.54) is 0 Å². The van der Waals surface area contributed by atoms with Gasteiger partial charge < -0.3 is 4.57 Å². The Labute approximate surface area is 115 Å². The first-order valence-corrected chi connectivity index (χ1v) is 8.31. The number of aromatic nitrogens is 2. The number of aryl methyl sites for hydroxylation is 2. The third kappa shape index (κ3) is 2.84. The van der Waals surface area contributed by atoms with Crippen LogP contribution in [0.4, 0.5) is 0 Å². The van der Waals surface area contributed by atoms with E-state index in [1.54, 1.807) is 18.2 Å². The van der Waals surface area contributed by atoms with Crippen molar-refractivity contribution in [2.75, 3.05) is 13.1 Å². The molecule has 1 aromatic heterocycles. The molecule has 2 heterocycles. The van der Waals surface area contributed by atoms with Crippen molar-refractivity contribution in [3.05, 3.63) is 17.7 Å². The minimum absolute atomic E-state index is 0.209. The van der Waals surface area contributed by atoms with Crippen molar-refractivity contribution in [1.82, 2.24) is 13.9 Å². The topological polar surface area (TPSA) is 55.2 Å². The van der Waals surface area contributed by atoms with Crippen LogP contribution in [0.1, 0.15) is 44.1 Å². The maximum atomic E-state index is 12.3. The summed E-state index contributed by atoms with van der Waals surface area (Å²) in [4.78, 5) is 4.54. The number of piperidine rings is 1. The molecule has 1 aromatic rings. The van der Waals surface area contributed by atoms with Crippen LogP contribution in [0.15, 0.2) is 6.20 Å². The summed E-state index contributed by atoms with van der Waals surface area (Å²) in [6, 6.07) is 0. The zero-order chi connectivity index (χ0) is 14.2. The Morgan fingerprint density at radius 3 is 2.63 bits per heavy atom. The van der Waals surface area contributed by atoms with Gasteiger partial charge in [-0.25, -0.2) is 17.7 Å². The molecule has 0 radical (unpaired) electrons. The van der Waals surface area contributed by atoms with Crippen LogP contribution in [0.25, 0.3) is 0 Å². The molecule has 1 aliphatic rings. The normalized spacial score (nSPS) is 22.1. The molecule has 0 aromatic carbocycles. The van der Waals surface area contributed by atoms with Crippen LogP contribution in [0, 0.1) is 6.92 Å². The Morgan fingerprint density at radius 2 is 2.11 bits per heavy atom. The number of sulfonamides is 1. The molecule has 0 unspecified atom stereocenters. The first kappa shape index (κ1) is 14.5. The SMILES string of the molecule is Cc1cn(C)c([C@H]2CCCN(S(=O)(=O)C(C)C)C2)n1. The van der Waals surface area contributed by atoms with Gasteiger partial charge in [0.2, 0.25) is 10.0 Å². The molecule has 19 heavy (non-hydrogen) atoms. The molecule has 0 spiro atoms. The largest absolute Gasteiger partial charge is 0.337 e. The summed E-state index contributed by atoms with van der Waals surface area (Å²) in [6.07, 6.45) is 3.90. The van der Waals surface area contributed by atoms with Gasteiger partial charge >= 0.3 is 0 Å². The van der Waals surface area contributed by atoms with Gasteiger partial charge in [-0.1, -0.05) is 0 Å². The predicted octanol–water partition coefficient (Wildman–Crippen LogP) is 1.65. The zero-order valence-corrected chi connectivity index (χ0v) is 12.9. The van der Waals surface area contributed by atoms with Gasteiger partial charge in [-0.05, 0) is 33.6 Å². The molecular weight excluding hydrogens is 262 g/mol. The molecule has 5 nitrogen and oxygen atoms in total. The van der Waals surface area contributed by atoms with E-state index >= 15 is 0 Å². The molecular formula is C13H23N3O2S. The van der Waals surface area contributed by atoms with Crippen LogP contribution in [-0.2, 0) is 17.1 Å². The van der Waals surface area contributed by atoms with E-state index in [0.717, 1.165) is 24.4 Å². The number of nitrogens with zero attached hydrogens (tertiary/aromatic N) is 3. The van der Waals surface area contributed by atoms with Crippen LogP contribution in [0.3, 0.4) is 0 Å². The third-order valence-corrected chi connectivity index (χ3v) is 5.98. The van der Waals surface area contributed by atoms with Gasteiger partial charge in [0.25, 0.3) is 0 Å². The molecule has 1 saturated heterocycles. The summed E-state index contributed by atoms with van der Waals surface area (Å²) in [5.74, 6) is 1.21. The van der Waals surface area contributed by atoms with Gasteiger partial charge in [-0.3, -0.25) is 0 Å².